The summed E-state index contributed by atoms with van der Waals surface area (Å²) in [4.78, 5) is 13.2. The highest BCUT2D eigenvalue weighted by molar-refractivity contribution is 5.39. The van der Waals surface area contributed by atoms with E-state index in [1.807, 2.05) is 6.07 Å². The van der Waals surface area contributed by atoms with E-state index in [4.69, 9.17) is 4.74 Å². The Hall–Kier alpha value is -1.44. The highest BCUT2D eigenvalue weighted by atomic mass is 16.5. The van der Waals surface area contributed by atoms with Crippen molar-refractivity contribution in [3.05, 3.63) is 12.3 Å². The fraction of sp³-hybridized carbons (Fsp3) is 0.714. The summed E-state index contributed by atoms with van der Waals surface area (Å²) in [6, 6.07) is 1.89. The zero-order chi connectivity index (χ0) is 14.9. The van der Waals surface area contributed by atoms with Gasteiger partial charge in [0.05, 0.1) is 13.2 Å². The first-order valence-electron chi connectivity index (χ1n) is 7.49. The van der Waals surface area contributed by atoms with Crippen molar-refractivity contribution in [2.24, 2.45) is 0 Å². The molecule has 0 radical (unpaired) electrons. The molecule has 1 aliphatic rings. The van der Waals surface area contributed by atoms with Crippen molar-refractivity contribution in [1.82, 2.24) is 19.8 Å². The van der Waals surface area contributed by atoms with Gasteiger partial charge in [0.25, 0.3) is 0 Å². The van der Waals surface area contributed by atoms with Gasteiger partial charge < -0.3 is 20.3 Å². The van der Waals surface area contributed by atoms with E-state index in [1.165, 1.54) is 0 Å². The molecule has 0 aliphatic carbocycles. The Morgan fingerprint density at radius 1 is 1.24 bits per heavy atom. The van der Waals surface area contributed by atoms with E-state index in [0.717, 1.165) is 58.3 Å². The van der Waals surface area contributed by atoms with Crippen molar-refractivity contribution >= 4 is 11.8 Å². The Kier molecular flexibility index (Phi) is 6.65. The van der Waals surface area contributed by atoms with E-state index >= 15 is 0 Å². The van der Waals surface area contributed by atoms with Crippen molar-refractivity contribution in [3.8, 4) is 0 Å². The molecule has 1 saturated heterocycles. The number of hydrogen-bond donors (Lipinski definition) is 2. The van der Waals surface area contributed by atoms with E-state index in [1.54, 1.807) is 6.20 Å². The SMILES string of the molecule is CN(C)CCNc1ccnc(NCCN2CCOCC2)n1. The summed E-state index contributed by atoms with van der Waals surface area (Å²) in [5, 5.41) is 6.57. The molecule has 0 aromatic carbocycles. The number of morpholine rings is 1. The molecule has 2 heterocycles. The number of nitrogens with zero attached hydrogens (tertiary/aromatic N) is 4. The number of aromatic nitrogens is 2. The molecule has 7 nitrogen and oxygen atoms in total. The molecule has 1 aliphatic heterocycles. The molecule has 0 saturated carbocycles. The topological polar surface area (TPSA) is 65.5 Å². The van der Waals surface area contributed by atoms with Crippen LogP contribution in [0.5, 0.6) is 0 Å². The lowest BCUT2D eigenvalue weighted by molar-refractivity contribution is 0.0398. The minimum atomic E-state index is 0.679. The first-order valence-corrected chi connectivity index (χ1v) is 7.49. The van der Waals surface area contributed by atoms with Crippen molar-refractivity contribution in [3.63, 3.8) is 0 Å². The summed E-state index contributed by atoms with van der Waals surface area (Å²) in [7, 11) is 4.11. The van der Waals surface area contributed by atoms with Crippen LogP contribution < -0.4 is 10.6 Å². The van der Waals surface area contributed by atoms with Crippen LogP contribution >= 0.6 is 0 Å². The maximum atomic E-state index is 5.34. The Morgan fingerprint density at radius 3 is 2.81 bits per heavy atom. The summed E-state index contributed by atoms with van der Waals surface area (Å²) >= 11 is 0. The molecule has 0 amide bonds. The zero-order valence-electron chi connectivity index (χ0n) is 13.0. The Bertz CT molecular complexity index is 408. The van der Waals surface area contributed by atoms with Gasteiger partial charge in [0.1, 0.15) is 5.82 Å². The normalized spacial score (nSPS) is 16.1. The second-order valence-corrected chi connectivity index (χ2v) is 5.38. The predicted molar refractivity (Wildman–Crippen MR) is 84.8 cm³/mol. The summed E-state index contributed by atoms with van der Waals surface area (Å²) in [5.41, 5.74) is 0. The summed E-state index contributed by atoms with van der Waals surface area (Å²) in [6.45, 7) is 7.38. The third-order valence-corrected chi connectivity index (χ3v) is 3.34. The van der Waals surface area contributed by atoms with E-state index in [2.05, 4.69) is 44.5 Å². The number of nitrogens with one attached hydrogen (secondary N) is 2. The van der Waals surface area contributed by atoms with Gasteiger partial charge in [-0.1, -0.05) is 0 Å². The van der Waals surface area contributed by atoms with E-state index < -0.39 is 0 Å². The van der Waals surface area contributed by atoms with Crippen LogP contribution in [0.2, 0.25) is 0 Å². The van der Waals surface area contributed by atoms with Gasteiger partial charge >= 0.3 is 0 Å². The van der Waals surface area contributed by atoms with Crippen molar-refractivity contribution in [2.45, 2.75) is 0 Å². The fourth-order valence-electron chi connectivity index (χ4n) is 2.10. The second-order valence-electron chi connectivity index (χ2n) is 5.38. The summed E-state index contributed by atoms with van der Waals surface area (Å²) in [5.74, 6) is 1.54. The molecule has 0 spiro atoms. The lowest BCUT2D eigenvalue weighted by Crippen LogP contribution is -2.39. The molecule has 21 heavy (non-hydrogen) atoms. The van der Waals surface area contributed by atoms with E-state index in [9.17, 15) is 0 Å². The van der Waals surface area contributed by atoms with Crippen LogP contribution in [0.15, 0.2) is 12.3 Å². The summed E-state index contributed by atoms with van der Waals surface area (Å²) in [6.07, 6.45) is 1.78. The van der Waals surface area contributed by atoms with Gasteiger partial charge in [-0.05, 0) is 20.2 Å². The Balaban J connectivity index is 1.70. The fourth-order valence-corrected chi connectivity index (χ4v) is 2.10. The standard InChI is InChI=1S/C14H26N6O/c1-19(2)7-5-15-13-3-4-16-14(18-13)17-6-8-20-9-11-21-12-10-20/h3-4H,5-12H2,1-2H3,(H2,15,16,17,18). The Morgan fingerprint density at radius 2 is 2.05 bits per heavy atom. The molecule has 2 rings (SSSR count). The maximum absolute atomic E-state index is 5.34. The van der Waals surface area contributed by atoms with E-state index in [0.29, 0.717) is 5.95 Å². The molecular weight excluding hydrogens is 268 g/mol. The van der Waals surface area contributed by atoms with Gasteiger partial charge in [0, 0.05) is 45.5 Å². The first-order chi connectivity index (χ1) is 10.2. The molecule has 1 aromatic heterocycles. The number of ether oxygens (including phenoxy) is 1. The summed E-state index contributed by atoms with van der Waals surface area (Å²) < 4.78 is 5.34. The molecule has 0 unspecified atom stereocenters. The van der Waals surface area contributed by atoms with Crippen molar-refractivity contribution in [2.75, 3.05) is 77.2 Å². The molecule has 7 heteroatoms. The van der Waals surface area contributed by atoms with Crippen LogP contribution in [0.25, 0.3) is 0 Å². The van der Waals surface area contributed by atoms with Crippen molar-refractivity contribution < 1.29 is 4.74 Å². The van der Waals surface area contributed by atoms with Crippen LogP contribution in [0.4, 0.5) is 11.8 Å². The average molecular weight is 294 g/mol. The van der Waals surface area contributed by atoms with Crippen LogP contribution in [0.1, 0.15) is 0 Å². The Labute approximate surface area is 126 Å². The smallest absolute Gasteiger partial charge is 0.224 e. The number of anilines is 2. The van der Waals surface area contributed by atoms with Gasteiger partial charge in [0.2, 0.25) is 5.95 Å². The number of hydrogen-bond acceptors (Lipinski definition) is 7. The minimum Gasteiger partial charge on any atom is -0.379 e. The van der Waals surface area contributed by atoms with Crippen LogP contribution in [-0.2, 0) is 4.74 Å². The van der Waals surface area contributed by atoms with Gasteiger partial charge in [-0.2, -0.15) is 4.98 Å². The maximum Gasteiger partial charge on any atom is 0.224 e. The lowest BCUT2D eigenvalue weighted by Gasteiger charge is -2.26. The number of likely N-dealkylation sites (N-methyl/N-ethyl adjacent to an activating group) is 1. The molecule has 1 aromatic rings. The monoisotopic (exact) mass is 294 g/mol. The van der Waals surface area contributed by atoms with Crippen LogP contribution in [0.3, 0.4) is 0 Å². The highest BCUT2D eigenvalue weighted by Gasteiger charge is 2.09. The highest BCUT2D eigenvalue weighted by Crippen LogP contribution is 2.05. The second kappa shape index (κ2) is 8.76. The lowest BCUT2D eigenvalue weighted by atomic mass is 10.4. The van der Waals surface area contributed by atoms with Gasteiger partial charge in [0.15, 0.2) is 0 Å². The molecule has 0 bridgehead atoms. The average Bonchev–Trinajstić information content (AvgIpc) is 2.48. The van der Waals surface area contributed by atoms with Gasteiger partial charge in [-0.15, -0.1) is 0 Å². The largest absolute Gasteiger partial charge is 0.379 e. The molecule has 118 valence electrons. The third-order valence-electron chi connectivity index (χ3n) is 3.34. The van der Waals surface area contributed by atoms with Gasteiger partial charge in [-0.25, -0.2) is 4.98 Å². The first kappa shape index (κ1) is 15.9. The molecular formula is C14H26N6O. The molecule has 1 fully saturated rings. The minimum absolute atomic E-state index is 0.679. The quantitative estimate of drug-likeness (QED) is 0.710. The van der Waals surface area contributed by atoms with Crippen LogP contribution in [-0.4, -0.2) is 86.3 Å². The third kappa shape index (κ3) is 6.24. The van der Waals surface area contributed by atoms with Gasteiger partial charge in [-0.3, -0.25) is 4.90 Å². The van der Waals surface area contributed by atoms with Crippen LogP contribution in [0, 0.1) is 0 Å². The zero-order valence-corrected chi connectivity index (χ0v) is 13.0. The molecule has 2 N–H and O–H groups in total. The number of rotatable bonds is 8. The predicted octanol–water partition coefficient (Wildman–Crippen LogP) is 0.194. The molecule has 0 atom stereocenters. The van der Waals surface area contributed by atoms with Crippen molar-refractivity contribution in [1.29, 1.82) is 0 Å². The van der Waals surface area contributed by atoms with E-state index in [-0.39, 0.29) is 0 Å².